The lowest BCUT2D eigenvalue weighted by atomic mass is 10.2. The van der Waals surface area contributed by atoms with Crippen LogP contribution in [0.15, 0.2) is 48.7 Å². The van der Waals surface area contributed by atoms with Crippen molar-refractivity contribution in [3.63, 3.8) is 0 Å². The zero-order chi connectivity index (χ0) is 19.3. The zero-order valence-electron chi connectivity index (χ0n) is 16.3. The second-order valence-corrected chi connectivity index (χ2v) is 7.46. The summed E-state index contributed by atoms with van der Waals surface area (Å²) in [5, 5.41) is 4.05. The molecule has 1 aromatic carbocycles. The Kier molecular flexibility index (Phi) is 5.69. The molecule has 0 radical (unpaired) electrons. The van der Waals surface area contributed by atoms with E-state index in [4.69, 9.17) is 0 Å². The van der Waals surface area contributed by atoms with E-state index >= 15 is 0 Å². The lowest BCUT2D eigenvalue weighted by Gasteiger charge is -2.34. The molecule has 3 heterocycles. The fourth-order valence-electron chi connectivity index (χ4n) is 3.70. The number of aromatic nitrogens is 2. The molecule has 6 nitrogen and oxygen atoms in total. The summed E-state index contributed by atoms with van der Waals surface area (Å²) in [6.07, 6.45) is 1.77. The summed E-state index contributed by atoms with van der Waals surface area (Å²) in [5.41, 5.74) is 3.80. The minimum Gasteiger partial charge on any atom is -0.349 e. The highest BCUT2D eigenvalue weighted by Gasteiger charge is 2.17. The van der Waals surface area contributed by atoms with Gasteiger partial charge in [0.1, 0.15) is 5.69 Å². The first kappa shape index (κ1) is 18.7. The minimum atomic E-state index is -0.0587. The van der Waals surface area contributed by atoms with E-state index in [1.54, 1.807) is 6.20 Å². The van der Waals surface area contributed by atoms with Gasteiger partial charge in [-0.25, -0.2) is 0 Å². The molecule has 6 heteroatoms. The SMILES string of the molecule is Cc1cc2cc(C(=O)NCCN3CCN(Cc4ccccc4)CC3)[nH]c2cn1. The average molecular weight is 377 g/mol. The average Bonchev–Trinajstić information content (AvgIpc) is 3.13. The Morgan fingerprint density at radius 1 is 1.11 bits per heavy atom. The molecule has 3 aromatic rings. The van der Waals surface area contributed by atoms with Crippen LogP contribution in [0.5, 0.6) is 0 Å². The number of rotatable bonds is 6. The summed E-state index contributed by atoms with van der Waals surface area (Å²) < 4.78 is 0. The van der Waals surface area contributed by atoms with Crippen LogP contribution in [0, 0.1) is 6.92 Å². The maximum Gasteiger partial charge on any atom is 0.267 e. The lowest BCUT2D eigenvalue weighted by Crippen LogP contribution is -2.48. The first-order valence-corrected chi connectivity index (χ1v) is 9.89. The number of pyridine rings is 1. The number of hydrogen-bond donors (Lipinski definition) is 2. The van der Waals surface area contributed by atoms with E-state index in [0.29, 0.717) is 12.2 Å². The van der Waals surface area contributed by atoms with Crippen molar-refractivity contribution in [3.05, 3.63) is 65.6 Å². The maximum absolute atomic E-state index is 12.4. The van der Waals surface area contributed by atoms with Gasteiger partial charge in [0.15, 0.2) is 0 Å². The highest BCUT2D eigenvalue weighted by atomic mass is 16.1. The number of nitrogens with zero attached hydrogens (tertiary/aromatic N) is 3. The third-order valence-electron chi connectivity index (χ3n) is 5.31. The number of amides is 1. The number of fused-ring (bicyclic) bond motifs is 1. The van der Waals surface area contributed by atoms with Crippen LogP contribution in [0.1, 0.15) is 21.7 Å². The summed E-state index contributed by atoms with van der Waals surface area (Å²) in [5.74, 6) is -0.0587. The summed E-state index contributed by atoms with van der Waals surface area (Å²) in [4.78, 5) is 24.7. The topological polar surface area (TPSA) is 64.3 Å². The molecule has 4 rings (SSSR count). The van der Waals surface area contributed by atoms with Gasteiger partial charge in [0.25, 0.3) is 5.91 Å². The number of H-pyrrole nitrogens is 1. The monoisotopic (exact) mass is 377 g/mol. The smallest absolute Gasteiger partial charge is 0.267 e. The normalized spacial score (nSPS) is 15.8. The van der Waals surface area contributed by atoms with Gasteiger partial charge in [0.2, 0.25) is 0 Å². The van der Waals surface area contributed by atoms with Gasteiger partial charge in [-0.1, -0.05) is 30.3 Å². The molecule has 0 aliphatic carbocycles. The van der Waals surface area contributed by atoms with Crippen LogP contribution in [0.2, 0.25) is 0 Å². The summed E-state index contributed by atoms with van der Waals surface area (Å²) >= 11 is 0. The number of piperazine rings is 1. The van der Waals surface area contributed by atoms with Crippen molar-refractivity contribution in [2.24, 2.45) is 0 Å². The van der Waals surface area contributed by atoms with Gasteiger partial charge < -0.3 is 10.3 Å². The summed E-state index contributed by atoms with van der Waals surface area (Å²) in [6.45, 7) is 8.72. The number of nitrogens with one attached hydrogen (secondary N) is 2. The molecule has 28 heavy (non-hydrogen) atoms. The van der Waals surface area contributed by atoms with Crippen LogP contribution < -0.4 is 5.32 Å². The fraction of sp³-hybridized carbons (Fsp3) is 0.364. The van der Waals surface area contributed by atoms with Gasteiger partial charge in [-0.15, -0.1) is 0 Å². The zero-order valence-corrected chi connectivity index (χ0v) is 16.3. The van der Waals surface area contributed by atoms with E-state index in [0.717, 1.165) is 55.9 Å². The predicted molar refractivity (Wildman–Crippen MR) is 111 cm³/mol. The molecule has 146 valence electrons. The Morgan fingerprint density at radius 3 is 2.64 bits per heavy atom. The number of carbonyl (C=O) groups is 1. The molecule has 0 unspecified atom stereocenters. The van der Waals surface area contributed by atoms with E-state index in [-0.39, 0.29) is 5.91 Å². The van der Waals surface area contributed by atoms with Crippen molar-refractivity contribution in [3.8, 4) is 0 Å². The molecule has 0 atom stereocenters. The largest absolute Gasteiger partial charge is 0.349 e. The Balaban J connectivity index is 1.20. The summed E-state index contributed by atoms with van der Waals surface area (Å²) in [7, 11) is 0. The number of aryl methyl sites for hydroxylation is 1. The predicted octanol–water partition coefficient (Wildman–Crippen LogP) is 2.42. The second-order valence-electron chi connectivity index (χ2n) is 7.46. The number of carbonyl (C=O) groups excluding carboxylic acids is 1. The number of aromatic amines is 1. The minimum absolute atomic E-state index is 0.0587. The molecule has 0 spiro atoms. The Labute approximate surface area is 165 Å². The second kappa shape index (κ2) is 8.54. The first-order valence-electron chi connectivity index (χ1n) is 9.89. The molecule has 1 fully saturated rings. The molecule has 1 aliphatic rings. The third kappa shape index (κ3) is 4.58. The number of benzene rings is 1. The van der Waals surface area contributed by atoms with E-state index in [1.165, 1.54) is 5.56 Å². The van der Waals surface area contributed by atoms with Crippen molar-refractivity contribution in [2.45, 2.75) is 13.5 Å². The molecule has 2 N–H and O–H groups in total. The first-order chi connectivity index (χ1) is 13.7. The maximum atomic E-state index is 12.4. The lowest BCUT2D eigenvalue weighted by molar-refractivity contribution is 0.0930. The van der Waals surface area contributed by atoms with Crippen molar-refractivity contribution in [1.82, 2.24) is 25.1 Å². The van der Waals surface area contributed by atoms with Crippen LogP contribution in [-0.2, 0) is 6.54 Å². The van der Waals surface area contributed by atoms with Crippen molar-refractivity contribution in [1.29, 1.82) is 0 Å². The van der Waals surface area contributed by atoms with Gasteiger partial charge >= 0.3 is 0 Å². The number of hydrogen-bond acceptors (Lipinski definition) is 4. The van der Waals surface area contributed by atoms with E-state index in [2.05, 4.69) is 55.4 Å². The van der Waals surface area contributed by atoms with Crippen LogP contribution in [0.25, 0.3) is 10.9 Å². The molecule has 1 aliphatic heterocycles. The molecule has 2 aromatic heterocycles. The van der Waals surface area contributed by atoms with Crippen molar-refractivity contribution < 1.29 is 4.79 Å². The van der Waals surface area contributed by atoms with Crippen molar-refractivity contribution >= 4 is 16.8 Å². The molecule has 1 saturated heterocycles. The molecule has 0 bridgehead atoms. The Bertz CT molecular complexity index is 929. The van der Waals surface area contributed by atoms with Crippen LogP contribution >= 0.6 is 0 Å². The molecular formula is C22H27N5O. The highest BCUT2D eigenvalue weighted by molar-refractivity contribution is 5.97. The molecular weight excluding hydrogens is 350 g/mol. The van der Waals surface area contributed by atoms with Crippen molar-refractivity contribution in [2.75, 3.05) is 39.3 Å². The van der Waals surface area contributed by atoms with Gasteiger partial charge in [0, 0.05) is 56.9 Å². The van der Waals surface area contributed by atoms with E-state index < -0.39 is 0 Å². The van der Waals surface area contributed by atoms with Crippen LogP contribution in [0.3, 0.4) is 0 Å². The van der Waals surface area contributed by atoms with Gasteiger partial charge in [-0.3, -0.25) is 19.6 Å². The van der Waals surface area contributed by atoms with Crippen LogP contribution in [-0.4, -0.2) is 64.9 Å². The Hall–Kier alpha value is -2.70. The molecule has 1 amide bonds. The highest BCUT2D eigenvalue weighted by Crippen LogP contribution is 2.15. The van der Waals surface area contributed by atoms with Crippen LogP contribution in [0.4, 0.5) is 0 Å². The fourth-order valence-corrected chi connectivity index (χ4v) is 3.70. The quantitative estimate of drug-likeness (QED) is 0.693. The standard InChI is InChI=1S/C22H27N5O/c1-17-13-19-14-20(25-21(19)15-24-17)22(28)23-7-8-26-9-11-27(12-10-26)16-18-5-3-2-4-6-18/h2-6,13-15,25H,7-12,16H2,1H3,(H,23,28). The van der Waals surface area contributed by atoms with E-state index in [9.17, 15) is 4.79 Å². The summed E-state index contributed by atoms with van der Waals surface area (Å²) in [6, 6.07) is 14.5. The molecule has 0 saturated carbocycles. The van der Waals surface area contributed by atoms with Gasteiger partial charge in [-0.2, -0.15) is 0 Å². The van der Waals surface area contributed by atoms with Gasteiger partial charge in [0.05, 0.1) is 11.7 Å². The Morgan fingerprint density at radius 2 is 1.86 bits per heavy atom. The van der Waals surface area contributed by atoms with E-state index in [1.807, 2.05) is 19.1 Å². The third-order valence-corrected chi connectivity index (χ3v) is 5.31. The van der Waals surface area contributed by atoms with Gasteiger partial charge in [-0.05, 0) is 24.6 Å².